The fourth-order valence-corrected chi connectivity index (χ4v) is 3.05. The number of aliphatic hydroxyl groups excluding tert-OH is 1. The van der Waals surface area contributed by atoms with Gasteiger partial charge in [0.2, 0.25) is 5.91 Å². The van der Waals surface area contributed by atoms with Crippen molar-refractivity contribution in [1.82, 2.24) is 5.32 Å². The van der Waals surface area contributed by atoms with Crippen LogP contribution in [-0.4, -0.2) is 48.8 Å². The number of hydrogen-bond acceptors (Lipinski definition) is 4. The Morgan fingerprint density at radius 3 is 2.91 bits per heavy atom. The van der Waals surface area contributed by atoms with Crippen LogP contribution in [0.5, 0.6) is 0 Å². The number of anilines is 1. The molecule has 0 aliphatic carbocycles. The van der Waals surface area contributed by atoms with Gasteiger partial charge in [0, 0.05) is 31.3 Å². The van der Waals surface area contributed by atoms with E-state index in [0.717, 1.165) is 17.7 Å². The molecule has 22 heavy (non-hydrogen) atoms. The van der Waals surface area contributed by atoms with Gasteiger partial charge in [0.1, 0.15) is 0 Å². The molecule has 0 aromatic heterocycles. The third kappa shape index (κ3) is 2.60. The zero-order valence-electron chi connectivity index (χ0n) is 12.6. The minimum atomic E-state index is -0.679. The SMILES string of the molecule is CC(=O)N1CCc2cc(C(=O)NC3(CO)CCOC3)ccc21. The zero-order chi connectivity index (χ0) is 15.7. The van der Waals surface area contributed by atoms with E-state index in [0.29, 0.717) is 31.7 Å². The van der Waals surface area contributed by atoms with Crippen molar-refractivity contribution in [1.29, 1.82) is 0 Å². The van der Waals surface area contributed by atoms with Crippen molar-refractivity contribution in [3.8, 4) is 0 Å². The Balaban J connectivity index is 1.79. The highest BCUT2D eigenvalue weighted by Gasteiger charge is 2.36. The molecule has 0 saturated carbocycles. The second kappa shape index (κ2) is 5.70. The van der Waals surface area contributed by atoms with Gasteiger partial charge in [0.05, 0.1) is 18.8 Å². The van der Waals surface area contributed by atoms with E-state index in [1.807, 2.05) is 12.1 Å². The lowest BCUT2D eigenvalue weighted by atomic mass is 9.99. The van der Waals surface area contributed by atoms with Crippen molar-refractivity contribution in [3.63, 3.8) is 0 Å². The molecule has 118 valence electrons. The highest BCUT2D eigenvalue weighted by Crippen LogP contribution is 2.29. The average molecular weight is 304 g/mol. The number of fused-ring (bicyclic) bond motifs is 1. The van der Waals surface area contributed by atoms with E-state index in [9.17, 15) is 14.7 Å². The maximum absolute atomic E-state index is 12.4. The lowest BCUT2D eigenvalue weighted by molar-refractivity contribution is -0.116. The van der Waals surface area contributed by atoms with E-state index >= 15 is 0 Å². The fraction of sp³-hybridized carbons (Fsp3) is 0.500. The maximum Gasteiger partial charge on any atom is 0.251 e. The number of carbonyl (C=O) groups is 2. The molecule has 0 bridgehead atoms. The number of amides is 2. The summed E-state index contributed by atoms with van der Waals surface area (Å²) < 4.78 is 5.28. The number of nitrogens with one attached hydrogen (secondary N) is 1. The molecule has 2 amide bonds. The summed E-state index contributed by atoms with van der Waals surface area (Å²) >= 11 is 0. The van der Waals surface area contributed by atoms with Crippen LogP contribution in [0.4, 0.5) is 5.69 Å². The number of hydrogen-bond donors (Lipinski definition) is 2. The zero-order valence-corrected chi connectivity index (χ0v) is 12.6. The smallest absolute Gasteiger partial charge is 0.251 e. The van der Waals surface area contributed by atoms with Crippen molar-refractivity contribution >= 4 is 17.5 Å². The molecule has 1 saturated heterocycles. The molecule has 2 heterocycles. The standard InChI is InChI=1S/C16H20N2O4/c1-11(20)18-6-4-12-8-13(2-3-14(12)18)15(21)17-16(9-19)5-7-22-10-16/h2-3,8,19H,4-7,9-10H2,1H3,(H,17,21). The number of carbonyl (C=O) groups excluding carboxylic acids is 2. The molecule has 2 N–H and O–H groups in total. The van der Waals surface area contributed by atoms with Crippen LogP contribution >= 0.6 is 0 Å². The van der Waals surface area contributed by atoms with Crippen LogP contribution in [0.15, 0.2) is 18.2 Å². The normalized spacial score (nSPS) is 23.5. The summed E-state index contributed by atoms with van der Waals surface area (Å²) in [6.45, 7) is 2.93. The molecule has 3 rings (SSSR count). The number of ether oxygens (including phenoxy) is 1. The minimum absolute atomic E-state index is 0.0123. The van der Waals surface area contributed by atoms with Gasteiger partial charge in [-0.3, -0.25) is 9.59 Å². The fourth-order valence-electron chi connectivity index (χ4n) is 3.05. The molecule has 2 aliphatic rings. The molecule has 1 fully saturated rings. The van der Waals surface area contributed by atoms with E-state index in [1.165, 1.54) is 0 Å². The summed E-state index contributed by atoms with van der Waals surface area (Å²) in [7, 11) is 0. The van der Waals surface area contributed by atoms with E-state index in [4.69, 9.17) is 4.74 Å². The Labute approximate surface area is 129 Å². The van der Waals surface area contributed by atoms with Crippen molar-refractivity contribution in [2.24, 2.45) is 0 Å². The highest BCUT2D eigenvalue weighted by atomic mass is 16.5. The largest absolute Gasteiger partial charge is 0.394 e. The second-order valence-corrected chi connectivity index (χ2v) is 5.96. The molecular formula is C16H20N2O4. The van der Waals surface area contributed by atoms with Gasteiger partial charge in [-0.25, -0.2) is 0 Å². The van der Waals surface area contributed by atoms with Gasteiger partial charge in [0.25, 0.3) is 5.91 Å². The predicted octanol–water partition coefficient (Wildman–Crippen LogP) is 0.477. The van der Waals surface area contributed by atoms with Crippen LogP contribution in [0.1, 0.15) is 29.3 Å². The van der Waals surface area contributed by atoms with Crippen molar-refractivity contribution in [2.45, 2.75) is 25.3 Å². The first kappa shape index (κ1) is 15.0. The molecule has 0 spiro atoms. The maximum atomic E-state index is 12.4. The molecule has 2 aliphatic heterocycles. The van der Waals surface area contributed by atoms with Gasteiger partial charge < -0.3 is 20.1 Å². The predicted molar refractivity (Wildman–Crippen MR) is 80.9 cm³/mol. The Morgan fingerprint density at radius 1 is 1.45 bits per heavy atom. The minimum Gasteiger partial charge on any atom is -0.394 e. The molecular weight excluding hydrogens is 284 g/mol. The van der Waals surface area contributed by atoms with Gasteiger partial charge in [-0.2, -0.15) is 0 Å². The molecule has 6 heteroatoms. The molecule has 1 unspecified atom stereocenters. The first-order chi connectivity index (χ1) is 10.5. The number of rotatable bonds is 3. The van der Waals surface area contributed by atoms with Gasteiger partial charge in [-0.05, 0) is 36.6 Å². The first-order valence-corrected chi connectivity index (χ1v) is 7.47. The molecule has 1 aromatic carbocycles. The van der Waals surface area contributed by atoms with Crippen LogP contribution in [0.25, 0.3) is 0 Å². The Hall–Kier alpha value is -1.92. The Morgan fingerprint density at radius 2 is 2.27 bits per heavy atom. The van der Waals surface area contributed by atoms with Crippen LogP contribution in [0, 0.1) is 0 Å². The van der Waals surface area contributed by atoms with Crippen LogP contribution < -0.4 is 10.2 Å². The van der Waals surface area contributed by atoms with E-state index < -0.39 is 5.54 Å². The quantitative estimate of drug-likeness (QED) is 0.851. The highest BCUT2D eigenvalue weighted by molar-refractivity contribution is 5.98. The third-order valence-electron chi connectivity index (χ3n) is 4.40. The molecule has 0 radical (unpaired) electrons. The first-order valence-electron chi connectivity index (χ1n) is 7.47. The Bertz CT molecular complexity index is 608. The number of aliphatic hydroxyl groups is 1. The number of nitrogens with zero attached hydrogens (tertiary/aromatic N) is 1. The summed E-state index contributed by atoms with van der Waals surface area (Å²) in [5.41, 5.74) is 1.75. The lowest BCUT2D eigenvalue weighted by Gasteiger charge is -2.26. The van der Waals surface area contributed by atoms with Gasteiger partial charge >= 0.3 is 0 Å². The lowest BCUT2D eigenvalue weighted by Crippen LogP contribution is -2.52. The summed E-state index contributed by atoms with van der Waals surface area (Å²) in [5, 5.41) is 12.4. The summed E-state index contributed by atoms with van der Waals surface area (Å²) in [5.74, 6) is -0.207. The summed E-state index contributed by atoms with van der Waals surface area (Å²) in [6.07, 6.45) is 1.36. The molecule has 1 atom stereocenters. The molecule has 1 aromatic rings. The van der Waals surface area contributed by atoms with E-state index in [1.54, 1.807) is 17.9 Å². The van der Waals surface area contributed by atoms with Gasteiger partial charge in [-0.15, -0.1) is 0 Å². The van der Waals surface area contributed by atoms with Gasteiger partial charge in [-0.1, -0.05) is 0 Å². The number of benzene rings is 1. The summed E-state index contributed by atoms with van der Waals surface area (Å²) in [4.78, 5) is 25.7. The monoisotopic (exact) mass is 304 g/mol. The summed E-state index contributed by atoms with van der Waals surface area (Å²) in [6, 6.07) is 5.36. The van der Waals surface area contributed by atoms with Crippen molar-refractivity contribution in [2.75, 3.05) is 31.3 Å². The van der Waals surface area contributed by atoms with E-state index in [-0.39, 0.29) is 18.4 Å². The van der Waals surface area contributed by atoms with Crippen molar-refractivity contribution in [3.05, 3.63) is 29.3 Å². The van der Waals surface area contributed by atoms with Crippen molar-refractivity contribution < 1.29 is 19.4 Å². The second-order valence-electron chi connectivity index (χ2n) is 5.96. The van der Waals surface area contributed by atoms with Crippen LogP contribution in [0.3, 0.4) is 0 Å². The van der Waals surface area contributed by atoms with Crippen LogP contribution in [0.2, 0.25) is 0 Å². The topological polar surface area (TPSA) is 78.9 Å². The van der Waals surface area contributed by atoms with Crippen LogP contribution in [-0.2, 0) is 16.0 Å². The van der Waals surface area contributed by atoms with Gasteiger partial charge in [0.15, 0.2) is 0 Å². The van der Waals surface area contributed by atoms with E-state index in [2.05, 4.69) is 5.32 Å². The Kier molecular flexibility index (Phi) is 3.88. The molecule has 6 nitrogen and oxygen atoms in total. The average Bonchev–Trinajstić information content (AvgIpc) is 3.13. The third-order valence-corrected chi connectivity index (χ3v) is 4.40.